The Kier molecular flexibility index (Phi) is 6.48. The van der Waals surface area contributed by atoms with Crippen molar-refractivity contribution in [2.75, 3.05) is 0 Å². The van der Waals surface area contributed by atoms with E-state index in [0.29, 0.717) is 15.4 Å². The highest BCUT2D eigenvalue weighted by Crippen LogP contribution is 2.22. The molecule has 162 valence electrons. The van der Waals surface area contributed by atoms with Crippen molar-refractivity contribution in [3.8, 4) is 0 Å². The molecule has 0 aliphatic heterocycles. The van der Waals surface area contributed by atoms with E-state index < -0.39 is 11.9 Å². The summed E-state index contributed by atoms with van der Waals surface area (Å²) in [4.78, 5) is 30.4. The maximum absolute atomic E-state index is 13.1. The zero-order chi connectivity index (χ0) is 22.7. The van der Waals surface area contributed by atoms with Gasteiger partial charge in [0.2, 0.25) is 5.91 Å². The van der Waals surface area contributed by atoms with Crippen LogP contribution in [0, 0.1) is 5.82 Å². The molecule has 3 aromatic carbocycles. The zero-order valence-corrected chi connectivity index (χ0v) is 18.7. The third-order valence-corrected chi connectivity index (χ3v) is 6.35. The Labute approximate surface area is 192 Å². The fourth-order valence-electron chi connectivity index (χ4n) is 3.28. The lowest BCUT2D eigenvalue weighted by Crippen LogP contribution is -2.34. The second-order valence-corrected chi connectivity index (χ2v) is 8.56. The van der Waals surface area contributed by atoms with Crippen LogP contribution in [0.15, 0.2) is 77.8 Å². The highest BCUT2D eigenvalue weighted by atomic mass is 35.5. The number of hydrogen-bond donors (Lipinski definition) is 1. The molecule has 0 saturated heterocycles. The van der Waals surface area contributed by atoms with Crippen molar-refractivity contribution in [2.45, 2.75) is 19.5 Å². The van der Waals surface area contributed by atoms with Crippen LogP contribution < -0.4 is 10.1 Å². The van der Waals surface area contributed by atoms with Gasteiger partial charge in [-0.05, 0) is 48.9 Å². The Balaban J connectivity index is 1.68. The first-order valence-electron chi connectivity index (χ1n) is 9.90. The smallest absolute Gasteiger partial charge is 0.281 e. The van der Waals surface area contributed by atoms with Gasteiger partial charge in [0.1, 0.15) is 11.9 Å². The first-order valence-corrected chi connectivity index (χ1v) is 11.1. The Hall–Kier alpha value is -3.29. The summed E-state index contributed by atoms with van der Waals surface area (Å²) in [5.41, 5.74) is 1.88. The van der Waals surface area contributed by atoms with E-state index >= 15 is 0 Å². The Morgan fingerprint density at radius 2 is 1.75 bits per heavy atom. The number of aromatic nitrogens is 1. The van der Waals surface area contributed by atoms with E-state index in [9.17, 15) is 14.0 Å². The Morgan fingerprint density at radius 1 is 1.06 bits per heavy atom. The Morgan fingerprint density at radius 3 is 2.50 bits per heavy atom. The summed E-state index contributed by atoms with van der Waals surface area (Å²) in [5, 5.41) is 3.19. The van der Waals surface area contributed by atoms with Gasteiger partial charge in [-0.25, -0.2) is 4.39 Å². The van der Waals surface area contributed by atoms with Crippen molar-refractivity contribution in [1.29, 1.82) is 0 Å². The van der Waals surface area contributed by atoms with Gasteiger partial charge in [-0.1, -0.05) is 59.3 Å². The third kappa shape index (κ3) is 4.64. The van der Waals surface area contributed by atoms with Crippen LogP contribution in [-0.4, -0.2) is 16.4 Å². The minimum absolute atomic E-state index is 0.246. The molecule has 5 nitrogen and oxygen atoms in total. The molecule has 0 bridgehead atoms. The first-order chi connectivity index (χ1) is 15.4. The van der Waals surface area contributed by atoms with Gasteiger partial charge in [-0.3, -0.25) is 9.59 Å². The van der Waals surface area contributed by atoms with E-state index in [-0.39, 0.29) is 18.3 Å². The van der Waals surface area contributed by atoms with E-state index in [1.807, 2.05) is 24.3 Å². The molecule has 4 rings (SSSR count). The minimum Gasteiger partial charge on any atom is -0.350 e. The first kappa shape index (κ1) is 21.9. The zero-order valence-electron chi connectivity index (χ0n) is 17.1. The van der Waals surface area contributed by atoms with Gasteiger partial charge in [0.25, 0.3) is 5.91 Å². The number of halogens is 2. The highest BCUT2D eigenvalue weighted by Gasteiger charge is 2.20. The van der Waals surface area contributed by atoms with E-state index in [0.717, 1.165) is 15.8 Å². The molecule has 0 spiro atoms. The third-order valence-electron chi connectivity index (χ3n) is 4.98. The van der Waals surface area contributed by atoms with Gasteiger partial charge in [-0.15, -0.1) is 0 Å². The van der Waals surface area contributed by atoms with Crippen molar-refractivity contribution in [1.82, 2.24) is 9.88 Å². The van der Waals surface area contributed by atoms with Crippen LogP contribution in [-0.2, 0) is 11.3 Å². The molecule has 1 heterocycles. The number of carbonyl (C=O) groups excluding carboxylic acids is 2. The Bertz CT molecular complexity index is 1360. The monoisotopic (exact) mass is 467 g/mol. The molecule has 0 unspecified atom stereocenters. The number of rotatable bonds is 5. The summed E-state index contributed by atoms with van der Waals surface area (Å²) in [5.74, 6) is -1.05. The van der Waals surface area contributed by atoms with Gasteiger partial charge >= 0.3 is 0 Å². The predicted octanol–water partition coefficient (Wildman–Crippen LogP) is 5.11. The number of amides is 2. The summed E-state index contributed by atoms with van der Waals surface area (Å²) in [6, 6.07) is 19.6. The quantitative estimate of drug-likeness (QED) is 0.443. The topological polar surface area (TPSA) is 63.5 Å². The molecule has 1 aromatic heterocycles. The molecule has 1 atom stereocenters. The van der Waals surface area contributed by atoms with Crippen molar-refractivity contribution in [3.63, 3.8) is 0 Å². The summed E-state index contributed by atoms with van der Waals surface area (Å²) < 4.78 is 15.8. The maximum atomic E-state index is 13.1. The van der Waals surface area contributed by atoms with Gasteiger partial charge < -0.3 is 9.88 Å². The minimum atomic E-state index is -0.635. The average molecular weight is 468 g/mol. The van der Waals surface area contributed by atoms with Crippen LogP contribution >= 0.6 is 22.9 Å². The SMILES string of the molecule is C[C@H](C(=O)NCc1ccc(F)cc1)n1c(=NC(=O)c2ccccc2Cl)sc2ccccc21. The number of nitrogens with one attached hydrogen (secondary N) is 1. The average Bonchev–Trinajstić information content (AvgIpc) is 3.15. The van der Waals surface area contributed by atoms with E-state index in [1.165, 1.54) is 23.5 Å². The fraction of sp³-hybridized carbons (Fsp3) is 0.125. The van der Waals surface area contributed by atoms with Crippen LogP contribution in [0.1, 0.15) is 28.9 Å². The molecular formula is C24H19ClFN3O2S. The lowest BCUT2D eigenvalue weighted by molar-refractivity contribution is -0.124. The van der Waals surface area contributed by atoms with E-state index in [4.69, 9.17) is 11.6 Å². The molecule has 0 saturated carbocycles. The van der Waals surface area contributed by atoms with Crippen LogP contribution in [0.4, 0.5) is 4.39 Å². The van der Waals surface area contributed by atoms with Crippen LogP contribution in [0.5, 0.6) is 0 Å². The molecule has 1 N–H and O–H groups in total. The molecule has 4 aromatic rings. The fourth-order valence-corrected chi connectivity index (χ4v) is 4.60. The number of benzene rings is 3. The molecule has 32 heavy (non-hydrogen) atoms. The predicted molar refractivity (Wildman–Crippen MR) is 124 cm³/mol. The van der Waals surface area contributed by atoms with E-state index in [1.54, 1.807) is 47.9 Å². The lowest BCUT2D eigenvalue weighted by atomic mass is 10.2. The van der Waals surface area contributed by atoms with Gasteiger partial charge in [-0.2, -0.15) is 4.99 Å². The van der Waals surface area contributed by atoms with Crippen LogP contribution in [0.25, 0.3) is 10.2 Å². The molecule has 0 aliphatic rings. The normalized spacial score (nSPS) is 12.7. The summed E-state index contributed by atoms with van der Waals surface area (Å²) in [7, 11) is 0. The van der Waals surface area contributed by atoms with Crippen molar-refractivity contribution in [3.05, 3.63) is 99.6 Å². The van der Waals surface area contributed by atoms with Crippen molar-refractivity contribution in [2.24, 2.45) is 4.99 Å². The van der Waals surface area contributed by atoms with Gasteiger partial charge in [0, 0.05) is 6.54 Å². The lowest BCUT2D eigenvalue weighted by Gasteiger charge is -2.15. The molecule has 0 aliphatic carbocycles. The molecule has 0 fully saturated rings. The van der Waals surface area contributed by atoms with Gasteiger partial charge in [0.05, 0.1) is 20.8 Å². The number of para-hydroxylation sites is 1. The molecule has 2 amide bonds. The number of carbonyl (C=O) groups is 2. The largest absolute Gasteiger partial charge is 0.350 e. The number of fused-ring (bicyclic) bond motifs is 1. The second kappa shape index (κ2) is 9.46. The van der Waals surface area contributed by atoms with Crippen LogP contribution in [0.3, 0.4) is 0 Å². The summed E-state index contributed by atoms with van der Waals surface area (Å²) in [6.07, 6.45) is 0. The number of thiazole rings is 1. The summed E-state index contributed by atoms with van der Waals surface area (Å²) >= 11 is 7.48. The molecule has 8 heteroatoms. The van der Waals surface area contributed by atoms with E-state index in [2.05, 4.69) is 10.3 Å². The van der Waals surface area contributed by atoms with Gasteiger partial charge in [0.15, 0.2) is 4.80 Å². The summed E-state index contributed by atoms with van der Waals surface area (Å²) in [6.45, 7) is 2.01. The number of nitrogens with zero attached hydrogens (tertiary/aromatic N) is 2. The van der Waals surface area contributed by atoms with Crippen LogP contribution in [0.2, 0.25) is 5.02 Å². The number of hydrogen-bond acceptors (Lipinski definition) is 3. The highest BCUT2D eigenvalue weighted by molar-refractivity contribution is 7.16. The molecule has 0 radical (unpaired) electrons. The van der Waals surface area contributed by atoms with Crippen molar-refractivity contribution < 1.29 is 14.0 Å². The molecular weight excluding hydrogens is 449 g/mol. The second-order valence-electron chi connectivity index (χ2n) is 7.14. The standard InChI is InChI=1S/C24H19ClFN3O2S/c1-15(22(30)27-14-16-10-12-17(26)13-11-16)29-20-8-4-5-9-21(20)32-24(29)28-23(31)18-6-2-3-7-19(18)25/h2-13,15H,14H2,1H3,(H,27,30)/t15-/m1/s1. The van der Waals surface area contributed by atoms with Crippen molar-refractivity contribution >= 4 is 45.0 Å². The maximum Gasteiger partial charge on any atom is 0.281 e.